The summed E-state index contributed by atoms with van der Waals surface area (Å²) in [6, 6.07) is 2.88. The standard InChI is InChI=1S/C14H17N2O2.2C2H6.Re/c1-3-5-11-10(4-2)8-9-16(11)12-6-7-13(17)15-14(12)18;2*1-2;/h3,5,9,12H,4,6-7H2,1-2H3,(H,15,17,18);2*1-2H3;/q-1;;;/b5-3-;;;. The minimum atomic E-state index is -0.301. The fourth-order valence-electron chi connectivity index (χ4n) is 2.28. The van der Waals surface area contributed by atoms with Crippen LogP contribution in [0.1, 0.15) is 71.7 Å². The van der Waals surface area contributed by atoms with E-state index in [0.717, 1.165) is 17.7 Å². The largest absolute Gasteiger partial charge is 0.432 e. The number of imide groups is 1. The van der Waals surface area contributed by atoms with Crippen LogP contribution >= 0.6 is 0 Å². The molecule has 1 radical (unpaired) electrons. The number of carbonyl (C=O) groups excluding carboxylic acids is 2. The molecule has 1 N–H and O–H groups in total. The molecule has 2 amide bonds. The number of allylic oxidation sites excluding steroid dienone is 1. The van der Waals surface area contributed by atoms with Crippen molar-refractivity contribution in [1.82, 2.24) is 9.88 Å². The van der Waals surface area contributed by atoms with Crippen molar-refractivity contribution in [1.29, 1.82) is 0 Å². The van der Waals surface area contributed by atoms with Crippen LogP contribution in [0.3, 0.4) is 0 Å². The molecule has 23 heavy (non-hydrogen) atoms. The van der Waals surface area contributed by atoms with Crippen LogP contribution < -0.4 is 5.32 Å². The molecule has 1 aromatic rings. The number of hydrogen-bond donors (Lipinski definition) is 1. The Balaban J connectivity index is 0. The summed E-state index contributed by atoms with van der Waals surface area (Å²) in [6.45, 7) is 12.0. The Bertz CT molecular complexity index is 507. The fourth-order valence-corrected chi connectivity index (χ4v) is 2.28. The second-order valence-corrected chi connectivity index (χ2v) is 4.36. The van der Waals surface area contributed by atoms with Gasteiger partial charge in [0.25, 0.3) is 0 Å². The van der Waals surface area contributed by atoms with E-state index in [2.05, 4.69) is 18.3 Å². The van der Waals surface area contributed by atoms with Crippen molar-refractivity contribution in [2.24, 2.45) is 0 Å². The minimum Gasteiger partial charge on any atom is -0.432 e. The average Bonchev–Trinajstić information content (AvgIpc) is 2.94. The Kier molecular flexibility index (Phi) is 13.9. The third kappa shape index (κ3) is 6.45. The van der Waals surface area contributed by atoms with Crippen molar-refractivity contribution >= 4 is 17.9 Å². The molecule has 4 nitrogen and oxygen atoms in total. The van der Waals surface area contributed by atoms with Gasteiger partial charge < -0.3 is 4.57 Å². The first-order valence-electron chi connectivity index (χ1n) is 8.25. The van der Waals surface area contributed by atoms with Crippen molar-refractivity contribution in [3.63, 3.8) is 0 Å². The van der Waals surface area contributed by atoms with Gasteiger partial charge in [0.2, 0.25) is 11.8 Å². The van der Waals surface area contributed by atoms with Gasteiger partial charge in [0.15, 0.2) is 0 Å². The van der Waals surface area contributed by atoms with Crippen molar-refractivity contribution < 1.29 is 30.0 Å². The Morgan fingerprint density at radius 2 is 1.91 bits per heavy atom. The number of rotatable bonds is 3. The number of carbonyl (C=O) groups is 2. The number of piperidine rings is 1. The first-order valence-corrected chi connectivity index (χ1v) is 8.25. The van der Waals surface area contributed by atoms with Crippen LogP contribution in [-0.4, -0.2) is 16.4 Å². The molecule has 2 heterocycles. The molecule has 2 rings (SSSR count). The molecule has 0 bridgehead atoms. The van der Waals surface area contributed by atoms with E-state index >= 15 is 0 Å². The summed E-state index contributed by atoms with van der Waals surface area (Å²) in [4.78, 5) is 23.0. The molecule has 0 aromatic carbocycles. The molecule has 1 aliphatic rings. The Morgan fingerprint density at radius 1 is 1.30 bits per heavy atom. The van der Waals surface area contributed by atoms with Crippen LogP contribution in [0.4, 0.5) is 0 Å². The monoisotopic (exact) mass is 492 g/mol. The molecule has 1 aliphatic heterocycles. The summed E-state index contributed by atoms with van der Waals surface area (Å²) < 4.78 is 1.92. The van der Waals surface area contributed by atoms with E-state index in [1.54, 1.807) is 0 Å². The summed E-state index contributed by atoms with van der Waals surface area (Å²) in [5.74, 6) is -0.403. The Labute approximate surface area is 154 Å². The van der Waals surface area contributed by atoms with E-state index in [-0.39, 0.29) is 38.3 Å². The predicted molar refractivity (Wildman–Crippen MR) is 91.5 cm³/mol. The molecule has 1 unspecified atom stereocenters. The summed E-state index contributed by atoms with van der Waals surface area (Å²) in [5.41, 5.74) is 2.10. The second kappa shape index (κ2) is 13.3. The van der Waals surface area contributed by atoms with Crippen molar-refractivity contribution in [3.8, 4) is 0 Å². The number of hydrogen-bond acceptors (Lipinski definition) is 2. The SMILES string of the molecule is C/C=C\c1c(CC)[c-]cn1C1CCC(=O)NC1=O.CC.CC.[Re]. The van der Waals surface area contributed by atoms with Crippen LogP contribution in [0, 0.1) is 6.07 Å². The van der Waals surface area contributed by atoms with Gasteiger partial charge in [-0.3, -0.25) is 14.9 Å². The van der Waals surface area contributed by atoms with Gasteiger partial charge in [-0.25, -0.2) is 6.07 Å². The van der Waals surface area contributed by atoms with Crippen molar-refractivity contribution in [2.75, 3.05) is 0 Å². The molecule has 1 saturated heterocycles. The van der Waals surface area contributed by atoms with Gasteiger partial charge in [-0.15, -0.1) is 24.0 Å². The van der Waals surface area contributed by atoms with Gasteiger partial charge in [0.1, 0.15) is 0 Å². The number of aromatic nitrogens is 1. The van der Waals surface area contributed by atoms with E-state index in [4.69, 9.17) is 0 Å². The fraction of sp³-hybridized carbons (Fsp3) is 0.556. The Morgan fingerprint density at radius 3 is 2.39 bits per heavy atom. The molecule has 5 heteroatoms. The average molecular weight is 492 g/mol. The number of nitrogens with zero attached hydrogens (tertiary/aromatic N) is 1. The minimum absolute atomic E-state index is 0. The maximum atomic E-state index is 11.9. The number of aryl methyl sites for hydroxylation is 1. The third-order valence-corrected chi connectivity index (χ3v) is 3.19. The normalized spacial score (nSPS) is 16.5. The van der Waals surface area contributed by atoms with E-state index < -0.39 is 0 Å². The Hall–Kier alpha value is -1.18. The van der Waals surface area contributed by atoms with Gasteiger partial charge in [-0.1, -0.05) is 41.0 Å². The van der Waals surface area contributed by atoms with Crippen LogP contribution in [0.2, 0.25) is 0 Å². The quantitative estimate of drug-likeness (QED) is 0.515. The van der Waals surface area contributed by atoms with Crippen LogP contribution in [0.5, 0.6) is 0 Å². The molecule has 1 aromatic heterocycles. The summed E-state index contributed by atoms with van der Waals surface area (Å²) in [7, 11) is 0. The number of amides is 2. The molecule has 131 valence electrons. The maximum Gasteiger partial charge on any atom is 0.248 e. The molecular formula is C18H29N2O2Re-. The second-order valence-electron chi connectivity index (χ2n) is 4.36. The zero-order valence-electron chi connectivity index (χ0n) is 15.1. The predicted octanol–water partition coefficient (Wildman–Crippen LogP) is 3.91. The molecule has 1 fully saturated rings. The van der Waals surface area contributed by atoms with Crippen LogP contribution in [0.15, 0.2) is 12.3 Å². The zero-order valence-corrected chi connectivity index (χ0v) is 17.8. The maximum absolute atomic E-state index is 11.9. The molecular weight excluding hydrogens is 462 g/mol. The summed E-state index contributed by atoms with van der Waals surface area (Å²) in [5, 5.41) is 2.39. The van der Waals surface area contributed by atoms with Gasteiger partial charge in [0.05, 0.1) is 6.04 Å². The zero-order chi connectivity index (χ0) is 17.1. The third-order valence-electron chi connectivity index (χ3n) is 3.19. The van der Waals surface area contributed by atoms with Gasteiger partial charge in [0, 0.05) is 26.8 Å². The molecule has 1 atom stereocenters. The van der Waals surface area contributed by atoms with E-state index in [1.165, 1.54) is 0 Å². The first kappa shape index (κ1) is 24.1. The van der Waals surface area contributed by atoms with Crippen LogP contribution in [-0.2, 0) is 36.4 Å². The molecule has 0 spiro atoms. The van der Waals surface area contributed by atoms with Crippen molar-refractivity contribution in [2.45, 2.75) is 66.8 Å². The van der Waals surface area contributed by atoms with Crippen molar-refractivity contribution in [3.05, 3.63) is 29.6 Å². The van der Waals surface area contributed by atoms with Gasteiger partial charge >= 0.3 is 0 Å². The molecule has 0 aliphatic carbocycles. The first-order chi connectivity index (χ1) is 10.7. The smallest absolute Gasteiger partial charge is 0.248 e. The summed E-state index contributed by atoms with van der Waals surface area (Å²) >= 11 is 0. The van der Waals surface area contributed by atoms with Gasteiger partial charge in [-0.05, 0) is 13.3 Å². The van der Waals surface area contributed by atoms with Gasteiger partial charge in [-0.2, -0.15) is 5.56 Å². The topological polar surface area (TPSA) is 51.1 Å². The molecule has 0 saturated carbocycles. The summed E-state index contributed by atoms with van der Waals surface area (Å²) in [6.07, 6.45) is 7.57. The van der Waals surface area contributed by atoms with E-state index in [0.29, 0.717) is 12.8 Å². The van der Waals surface area contributed by atoms with E-state index in [9.17, 15) is 9.59 Å². The van der Waals surface area contributed by atoms with E-state index in [1.807, 2.05) is 57.5 Å². The number of nitrogens with one attached hydrogen (secondary N) is 1. The van der Waals surface area contributed by atoms with Crippen LogP contribution in [0.25, 0.3) is 6.08 Å².